The number of ether oxygens (including phenoxy) is 3. The largest absolute Gasteiger partial charge is 0.490 e. The third-order valence-electron chi connectivity index (χ3n) is 4.97. The van der Waals surface area contributed by atoms with E-state index in [1.54, 1.807) is 24.3 Å². The molecule has 3 aromatic carbocycles. The minimum atomic E-state index is -3.95. The van der Waals surface area contributed by atoms with E-state index in [-0.39, 0.29) is 22.5 Å². The summed E-state index contributed by atoms with van der Waals surface area (Å²) in [6, 6.07) is 21.8. The molecule has 0 bridgehead atoms. The molecule has 4 rings (SSSR count). The number of amides is 1. The average Bonchev–Trinajstić information content (AvgIpc) is 2.92. The number of carbonyl (C=O) groups is 1. The maximum absolute atomic E-state index is 12.7. The summed E-state index contributed by atoms with van der Waals surface area (Å²) in [4.78, 5) is 20.6. The number of benzene rings is 3. The molecule has 0 saturated heterocycles. The molecule has 37 heavy (non-hydrogen) atoms. The quantitative estimate of drug-likeness (QED) is 0.284. The SMILES string of the molecule is COc1nccnc1NS(=O)(=O)c1ccc(NC(=O)c2cccc(OCCOc3ccccc3)c2)cc1. The predicted octanol–water partition coefficient (Wildman–Crippen LogP) is 4.00. The van der Waals surface area contributed by atoms with Crippen molar-refractivity contribution in [1.29, 1.82) is 0 Å². The number of nitrogens with one attached hydrogen (secondary N) is 2. The first kappa shape index (κ1) is 25.5. The van der Waals surface area contributed by atoms with Crippen molar-refractivity contribution in [2.75, 3.05) is 30.4 Å². The van der Waals surface area contributed by atoms with Gasteiger partial charge in [-0.15, -0.1) is 0 Å². The number of anilines is 2. The molecule has 0 aliphatic rings. The number of nitrogens with zero attached hydrogens (tertiary/aromatic N) is 2. The minimum Gasteiger partial charge on any atom is -0.490 e. The van der Waals surface area contributed by atoms with Gasteiger partial charge in [-0.2, -0.15) is 0 Å². The van der Waals surface area contributed by atoms with Crippen LogP contribution in [0.25, 0.3) is 0 Å². The van der Waals surface area contributed by atoms with Gasteiger partial charge in [0.2, 0.25) is 5.82 Å². The second kappa shape index (κ2) is 11.9. The fraction of sp³-hybridized carbons (Fsp3) is 0.115. The number of aromatic nitrogens is 2. The Kier molecular flexibility index (Phi) is 8.16. The van der Waals surface area contributed by atoms with E-state index in [0.29, 0.717) is 30.2 Å². The van der Waals surface area contributed by atoms with Gasteiger partial charge in [-0.1, -0.05) is 24.3 Å². The molecule has 1 heterocycles. The molecule has 1 aromatic heterocycles. The first-order chi connectivity index (χ1) is 17.9. The zero-order valence-electron chi connectivity index (χ0n) is 19.8. The first-order valence-corrected chi connectivity index (χ1v) is 12.6. The van der Waals surface area contributed by atoms with Crippen molar-refractivity contribution in [3.05, 3.63) is 96.8 Å². The van der Waals surface area contributed by atoms with Crippen LogP contribution >= 0.6 is 0 Å². The van der Waals surface area contributed by atoms with Crippen LogP contribution in [-0.4, -0.2) is 44.6 Å². The predicted molar refractivity (Wildman–Crippen MR) is 138 cm³/mol. The monoisotopic (exact) mass is 520 g/mol. The first-order valence-electron chi connectivity index (χ1n) is 11.1. The number of methoxy groups -OCH3 is 1. The highest BCUT2D eigenvalue weighted by molar-refractivity contribution is 7.92. The third-order valence-corrected chi connectivity index (χ3v) is 6.33. The zero-order valence-corrected chi connectivity index (χ0v) is 20.6. The van der Waals surface area contributed by atoms with E-state index < -0.39 is 10.0 Å². The normalized spacial score (nSPS) is 10.8. The summed E-state index contributed by atoms with van der Waals surface area (Å²) in [6.07, 6.45) is 2.73. The molecule has 0 aliphatic heterocycles. The highest BCUT2D eigenvalue weighted by Crippen LogP contribution is 2.23. The van der Waals surface area contributed by atoms with Gasteiger partial charge in [0.05, 0.1) is 12.0 Å². The summed E-state index contributed by atoms with van der Waals surface area (Å²) >= 11 is 0. The lowest BCUT2D eigenvalue weighted by Crippen LogP contribution is -2.16. The average molecular weight is 521 g/mol. The van der Waals surface area contributed by atoms with Crippen molar-refractivity contribution in [1.82, 2.24) is 9.97 Å². The Bertz CT molecular complexity index is 1450. The number of para-hydroxylation sites is 1. The van der Waals surface area contributed by atoms with E-state index >= 15 is 0 Å². The lowest BCUT2D eigenvalue weighted by atomic mass is 10.2. The smallest absolute Gasteiger partial charge is 0.263 e. The van der Waals surface area contributed by atoms with E-state index in [4.69, 9.17) is 14.2 Å². The Morgan fingerprint density at radius 1 is 0.838 bits per heavy atom. The molecule has 2 N–H and O–H groups in total. The number of hydrogen-bond acceptors (Lipinski definition) is 8. The standard InChI is InChI=1S/C26H24N4O6S/c1-34-26-24(27-14-15-28-26)30-37(32,33)23-12-10-20(11-13-23)29-25(31)19-6-5-9-22(18-19)36-17-16-35-21-7-3-2-4-8-21/h2-15,18H,16-17H2,1H3,(H,27,30)(H,29,31). The van der Waals surface area contributed by atoms with Crippen molar-refractivity contribution < 1.29 is 27.4 Å². The summed E-state index contributed by atoms with van der Waals surface area (Å²) in [6.45, 7) is 0.665. The van der Waals surface area contributed by atoms with E-state index in [0.717, 1.165) is 5.75 Å². The lowest BCUT2D eigenvalue weighted by molar-refractivity contribution is 0.102. The van der Waals surface area contributed by atoms with Gasteiger partial charge >= 0.3 is 0 Å². The van der Waals surface area contributed by atoms with Crippen LogP contribution in [0.3, 0.4) is 0 Å². The van der Waals surface area contributed by atoms with Crippen molar-refractivity contribution in [3.63, 3.8) is 0 Å². The summed E-state index contributed by atoms with van der Waals surface area (Å²) in [5.74, 6) is 0.920. The molecule has 190 valence electrons. The number of carbonyl (C=O) groups excluding carboxylic acids is 1. The van der Waals surface area contributed by atoms with Gasteiger partial charge in [0.1, 0.15) is 24.7 Å². The third kappa shape index (κ3) is 6.95. The van der Waals surface area contributed by atoms with Crippen LogP contribution in [0.15, 0.2) is 96.2 Å². The van der Waals surface area contributed by atoms with Gasteiger partial charge in [-0.25, -0.2) is 18.4 Å². The van der Waals surface area contributed by atoms with Crippen LogP contribution in [0.1, 0.15) is 10.4 Å². The van der Waals surface area contributed by atoms with Crippen LogP contribution in [0, 0.1) is 0 Å². The maximum Gasteiger partial charge on any atom is 0.263 e. The van der Waals surface area contributed by atoms with E-state index in [1.807, 2.05) is 30.3 Å². The Morgan fingerprint density at radius 3 is 2.24 bits per heavy atom. The van der Waals surface area contributed by atoms with E-state index in [1.165, 1.54) is 43.8 Å². The van der Waals surface area contributed by atoms with Gasteiger partial charge in [0, 0.05) is 23.6 Å². The molecule has 1 amide bonds. The van der Waals surface area contributed by atoms with Crippen molar-refractivity contribution in [2.45, 2.75) is 4.90 Å². The topological polar surface area (TPSA) is 129 Å². The van der Waals surface area contributed by atoms with Crippen LogP contribution < -0.4 is 24.2 Å². The Balaban J connectivity index is 1.33. The molecule has 0 unspecified atom stereocenters. The second-order valence-corrected chi connectivity index (χ2v) is 9.22. The minimum absolute atomic E-state index is 0.0219. The molecule has 10 nitrogen and oxygen atoms in total. The molecule has 0 fully saturated rings. The van der Waals surface area contributed by atoms with Gasteiger partial charge in [0.15, 0.2) is 0 Å². The maximum atomic E-state index is 12.7. The Morgan fingerprint density at radius 2 is 1.51 bits per heavy atom. The van der Waals surface area contributed by atoms with Gasteiger partial charge in [-0.3, -0.25) is 9.52 Å². The van der Waals surface area contributed by atoms with Gasteiger partial charge in [-0.05, 0) is 54.6 Å². The van der Waals surface area contributed by atoms with Crippen LogP contribution in [0.5, 0.6) is 17.4 Å². The molecular formula is C26H24N4O6S. The fourth-order valence-electron chi connectivity index (χ4n) is 3.21. The van der Waals surface area contributed by atoms with Gasteiger partial charge < -0.3 is 19.5 Å². The summed E-state index contributed by atoms with van der Waals surface area (Å²) in [5, 5.41) is 2.74. The summed E-state index contributed by atoms with van der Waals surface area (Å²) in [7, 11) is -2.59. The molecule has 0 atom stereocenters. The van der Waals surface area contributed by atoms with E-state index in [9.17, 15) is 13.2 Å². The van der Waals surface area contributed by atoms with Crippen LogP contribution in [-0.2, 0) is 10.0 Å². The Hall–Kier alpha value is -4.64. The highest BCUT2D eigenvalue weighted by atomic mass is 32.2. The highest BCUT2D eigenvalue weighted by Gasteiger charge is 2.18. The summed E-state index contributed by atoms with van der Waals surface area (Å²) in [5.41, 5.74) is 0.804. The van der Waals surface area contributed by atoms with Crippen molar-refractivity contribution >= 4 is 27.4 Å². The number of hydrogen-bond donors (Lipinski definition) is 2. The van der Waals surface area contributed by atoms with Crippen LogP contribution in [0.2, 0.25) is 0 Å². The molecular weight excluding hydrogens is 496 g/mol. The fourth-order valence-corrected chi connectivity index (χ4v) is 4.22. The molecule has 0 saturated carbocycles. The second-order valence-electron chi connectivity index (χ2n) is 7.54. The number of rotatable bonds is 11. The molecule has 0 spiro atoms. The zero-order chi connectivity index (χ0) is 26.1. The van der Waals surface area contributed by atoms with Crippen molar-refractivity contribution in [2.24, 2.45) is 0 Å². The van der Waals surface area contributed by atoms with Crippen LogP contribution in [0.4, 0.5) is 11.5 Å². The molecule has 0 radical (unpaired) electrons. The van der Waals surface area contributed by atoms with Gasteiger partial charge in [0.25, 0.3) is 21.8 Å². The molecule has 0 aliphatic carbocycles. The van der Waals surface area contributed by atoms with E-state index in [2.05, 4.69) is 20.0 Å². The molecule has 11 heteroatoms. The van der Waals surface area contributed by atoms with Crippen molar-refractivity contribution in [3.8, 4) is 17.4 Å². The Labute approximate surface area is 214 Å². The summed E-state index contributed by atoms with van der Waals surface area (Å²) < 4.78 is 44.1. The number of sulfonamides is 1. The lowest BCUT2D eigenvalue weighted by Gasteiger charge is -2.11. The molecule has 4 aromatic rings.